The summed E-state index contributed by atoms with van der Waals surface area (Å²) in [5.74, 6) is -0.572. The SMILES string of the molecule is O=C(CCCC(=O)OCCCc1ccccc1)NC(=S)Nc1cccc(C(=O)N2CCCCC2)c1. The van der Waals surface area contributed by atoms with Crippen molar-refractivity contribution in [3.8, 4) is 0 Å². The number of carbonyl (C=O) groups is 3. The van der Waals surface area contributed by atoms with Crippen molar-refractivity contribution in [3.63, 3.8) is 0 Å². The molecule has 0 aliphatic carbocycles. The van der Waals surface area contributed by atoms with Gasteiger partial charge in [0.15, 0.2) is 5.11 Å². The minimum Gasteiger partial charge on any atom is -0.466 e. The molecule has 0 atom stereocenters. The molecular weight excluding hydrogens is 462 g/mol. The van der Waals surface area contributed by atoms with E-state index in [-0.39, 0.29) is 35.7 Å². The number of piperidine rings is 1. The van der Waals surface area contributed by atoms with Gasteiger partial charge in [0, 0.05) is 37.2 Å². The fraction of sp³-hybridized carbons (Fsp3) is 0.407. The molecule has 3 rings (SSSR count). The average Bonchev–Trinajstić information content (AvgIpc) is 2.87. The van der Waals surface area contributed by atoms with Crippen molar-refractivity contribution in [2.45, 2.75) is 51.4 Å². The number of likely N-dealkylation sites (tertiary alicyclic amines) is 1. The van der Waals surface area contributed by atoms with E-state index in [1.807, 2.05) is 35.2 Å². The van der Waals surface area contributed by atoms with E-state index in [9.17, 15) is 14.4 Å². The van der Waals surface area contributed by atoms with Crippen LogP contribution in [0.4, 0.5) is 5.69 Å². The van der Waals surface area contributed by atoms with Crippen LogP contribution in [0.1, 0.15) is 60.9 Å². The van der Waals surface area contributed by atoms with Crippen LogP contribution in [0, 0.1) is 0 Å². The molecule has 1 aliphatic heterocycles. The van der Waals surface area contributed by atoms with Gasteiger partial charge < -0.3 is 20.3 Å². The lowest BCUT2D eigenvalue weighted by atomic mass is 10.1. The molecule has 1 fully saturated rings. The summed E-state index contributed by atoms with van der Waals surface area (Å²) in [6, 6.07) is 17.1. The summed E-state index contributed by atoms with van der Waals surface area (Å²) >= 11 is 5.23. The standard InChI is InChI=1S/C27H33N3O4S/c31-24(15-8-16-25(32)34-19-9-12-21-10-3-1-4-11-21)29-27(35)28-23-14-7-13-22(20-23)26(33)30-17-5-2-6-18-30/h1,3-4,7,10-11,13-14,20H,2,5-6,8-9,12,15-19H2,(H2,28,29,31,35). The molecule has 0 spiro atoms. The predicted molar refractivity (Wildman–Crippen MR) is 140 cm³/mol. The summed E-state index contributed by atoms with van der Waals surface area (Å²) in [4.78, 5) is 38.6. The van der Waals surface area contributed by atoms with Gasteiger partial charge in [0.25, 0.3) is 5.91 Å². The van der Waals surface area contributed by atoms with Crippen molar-refractivity contribution in [2.24, 2.45) is 0 Å². The molecule has 0 bridgehead atoms. The highest BCUT2D eigenvalue weighted by Gasteiger charge is 2.18. The van der Waals surface area contributed by atoms with Crippen LogP contribution in [0.2, 0.25) is 0 Å². The zero-order valence-corrected chi connectivity index (χ0v) is 20.8. The van der Waals surface area contributed by atoms with Gasteiger partial charge in [0.1, 0.15) is 0 Å². The van der Waals surface area contributed by atoms with Crippen LogP contribution in [-0.4, -0.2) is 47.5 Å². The predicted octanol–water partition coefficient (Wildman–Crippen LogP) is 4.47. The van der Waals surface area contributed by atoms with Crippen LogP contribution in [0.5, 0.6) is 0 Å². The molecule has 8 heteroatoms. The van der Waals surface area contributed by atoms with E-state index in [0.29, 0.717) is 24.3 Å². The summed E-state index contributed by atoms with van der Waals surface area (Å²) < 4.78 is 5.24. The van der Waals surface area contributed by atoms with Gasteiger partial charge in [-0.3, -0.25) is 14.4 Å². The van der Waals surface area contributed by atoms with Crippen LogP contribution in [0.25, 0.3) is 0 Å². The second-order valence-electron chi connectivity index (χ2n) is 8.60. The van der Waals surface area contributed by atoms with Crippen LogP contribution < -0.4 is 10.6 Å². The van der Waals surface area contributed by atoms with E-state index >= 15 is 0 Å². The molecule has 1 heterocycles. The third-order valence-electron chi connectivity index (χ3n) is 5.76. The Hall–Kier alpha value is -3.26. The third kappa shape index (κ3) is 9.48. The molecule has 0 aromatic heterocycles. The Balaban J connectivity index is 1.31. The molecule has 1 aliphatic rings. The maximum Gasteiger partial charge on any atom is 0.305 e. The van der Waals surface area contributed by atoms with E-state index in [0.717, 1.165) is 45.2 Å². The largest absolute Gasteiger partial charge is 0.466 e. The molecule has 2 aromatic rings. The van der Waals surface area contributed by atoms with Gasteiger partial charge in [0.05, 0.1) is 6.61 Å². The maximum atomic E-state index is 12.7. The highest BCUT2D eigenvalue weighted by molar-refractivity contribution is 7.80. The second kappa shape index (κ2) is 14.2. The molecular formula is C27H33N3O4S. The first-order valence-electron chi connectivity index (χ1n) is 12.2. The number of esters is 1. The van der Waals surface area contributed by atoms with E-state index in [1.54, 1.807) is 24.3 Å². The second-order valence-corrected chi connectivity index (χ2v) is 9.01. The summed E-state index contributed by atoms with van der Waals surface area (Å²) in [5.41, 5.74) is 2.44. The monoisotopic (exact) mass is 495 g/mol. The first-order chi connectivity index (χ1) is 17.0. The third-order valence-corrected chi connectivity index (χ3v) is 5.97. The highest BCUT2D eigenvalue weighted by atomic mass is 32.1. The van der Waals surface area contributed by atoms with E-state index in [2.05, 4.69) is 10.6 Å². The maximum absolute atomic E-state index is 12.7. The van der Waals surface area contributed by atoms with E-state index < -0.39 is 0 Å². The minimum absolute atomic E-state index is 0.00950. The molecule has 2 amide bonds. The molecule has 1 saturated heterocycles. The number of hydrogen-bond acceptors (Lipinski definition) is 5. The first kappa shape index (κ1) is 26.3. The fourth-order valence-electron chi connectivity index (χ4n) is 3.93. The number of rotatable bonds is 10. The van der Waals surface area contributed by atoms with Gasteiger partial charge in [-0.25, -0.2) is 0 Å². The lowest BCUT2D eigenvalue weighted by molar-refractivity contribution is -0.143. The molecule has 0 radical (unpaired) electrons. The summed E-state index contributed by atoms with van der Waals surface area (Å²) in [5, 5.41) is 5.73. The van der Waals surface area contributed by atoms with E-state index in [1.165, 1.54) is 5.56 Å². The molecule has 7 nitrogen and oxygen atoms in total. The molecule has 186 valence electrons. The normalized spacial score (nSPS) is 13.1. The van der Waals surface area contributed by atoms with Crippen LogP contribution >= 0.6 is 12.2 Å². The number of benzene rings is 2. The van der Waals surface area contributed by atoms with Gasteiger partial charge in [-0.15, -0.1) is 0 Å². The van der Waals surface area contributed by atoms with E-state index in [4.69, 9.17) is 17.0 Å². The molecule has 35 heavy (non-hydrogen) atoms. The number of thiocarbonyl (C=S) groups is 1. The van der Waals surface area contributed by atoms with Gasteiger partial charge in [0.2, 0.25) is 5.91 Å². The smallest absolute Gasteiger partial charge is 0.305 e. The Morgan fingerprint density at radius 2 is 1.69 bits per heavy atom. The Bertz CT molecular complexity index is 1010. The average molecular weight is 496 g/mol. The zero-order valence-electron chi connectivity index (χ0n) is 20.0. The van der Waals surface area contributed by atoms with Gasteiger partial charge in [-0.2, -0.15) is 0 Å². The Morgan fingerprint density at radius 3 is 2.46 bits per heavy atom. The molecule has 0 unspecified atom stereocenters. The first-order valence-corrected chi connectivity index (χ1v) is 12.6. The van der Waals surface area contributed by atoms with Crippen LogP contribution in [-0.2, 0) is 20.7 Å². The number of amides is 2. The van der Waals surface area contributed by atoms with Crippen molar-refractivity contribution < 1.29 is 19.1 Å². The summed E-state index contributed by atoms with van der Waals surface area (Å²) in [7, 11) is 0. The fourth-order valence-corrected chi connectivity index (χ4v) is 4.17. The highest BCUT2D eigenvalue weighted by Crippen LogP contribution is 2.16. The van der Waals surface area contributed by atoms with Crippen molar-refractivity contribution >= 4 is 40.8 Å². The lowest BCUT2D eigenvalue weighted by Crippen LogP contribution is -2.36. The Kier molecular flexibility index (Phi) is 10.7. The number of anilines is 1. The number of carbonyl (C=O) groups excluding carboxylic acids is 3. The topological polar surface area (TPSA) is 87.7 Å². The Labute approximate surface area is 212 Å². The molecule has 2 aromatic carbocycles. The lowest BCUT2D eigenvalue weighted by Gasteiger charge is -2.26. The van der Waals surface area contributed by atoms with Crippen molar-refractivity contribution in [2.75, 3.05) is 25.0 Å². The van der Waals surface area contributed by atoms with Gasteiger partial charge >= 0.3 is 5.97 Å². The summed E-state index contributed by atoms with van der Waals surface area (Å²) in [6.45, 7) is 1.94. The van der Waals surface area contributed by atoms with Crippen molar-refractivity contribution in [3.05, 3.63) is 65.7 Å². The van der Waals surface area contributed by atoms with Crippen LogP contribution in [0.3, 0.4) is 0 Å². The van der Waals surface area contributed by atoms with Gasteiger partial charge in [-0.05, 0) is 74.5 Å². The van der Waals surface area contributed by atoms with Gasteiger partial charge in [-0.1, -0.05) is 36.4 Å². The Morgan fingerprint density at radius 1 is 0.914 bits per heavy atom. The van der Waals surface area contributed by atoms with Crippen molar-refractivity contribution in [1.82, 2.24) is 10.2 Å². The number of nitrogens with zero attached hydrogens (tertiary/aromatic N) is 1. The quantitative estimate of drug-likeness (QED) is 0.287. The van der Waals surface area contributed by atoms with Crippen molar-refractivity contribution in [1.29, 1.82) is 0 Å². The number of hydrogen-bond donors (Lipinski definition) is 2. The number of aryl methyl sites for hydroxylation is 1. The summed E-state index contributed by atoms with van der Waals surface area (Å²) in [6.07, 6.45) is 5.57. The van der Waals surface area contributed by atoms with Crippen LogP contribution in [0.15, 0.2) is 54.6 Å². The molecule has 2 N–H and O–H groups in total. The zero-order chi connectivity index (χ0) is 24.9. The number of nitrogens with one attached hydrogen (secondary N) is 2. The number of ether oxygens (including phenoxy) is 1. The minimum atomic E-state index is -0.304. The molecule has 0 saturated carbocycles.